The van der Waals surface area contributed by atoms with Crippen molar-refractivity contribution < 1.29 is 0 Å². The highest BCUT2D eigenvalue weighted by atomic mass is 15.3. The van der Waals surface area contributed by atoms with Crippen molar-refractivity contribution in [2.24, 2.45) is 0 Å². The van der Waals surface area contributed by atoms with Crippen LogP contribution in [0.5, 0.6) is 0 Å². The van der Waals surface area contributed by atoms with E-state index in [1.165, 1.54) is 6.33 Å². The van der Waals surface area contributed by atoms with Crippen molar-refractivity contribution in [2.75, 3.05) is 0 Å². The minimum atomic E-state index is 0.654. The van der Waals surface area contributed by atoms with Crippen molar-refractivity contribution in [3.8, 4) is 5.69 Å². The van der Waals surface area contributed by atoms with Crippen molar-refractivity contribution in [2.45, 2.75) is 0 Å². The molecule has 0 aliphatic rings. The predicted molar refractivity (Wildman–Crippen MR) is 45.8 cm³/mol. The first kappa shape index (κ1) is 7.03. The van der Waals surface area contributed by atoms with Crippen molar-refractivity contribution in [1.82, 2.24) is 14.8 Å². The fourth-order valence-corrected chi connectivity index (χ4v) is 1.05. The average Bonchev–Trinajstić information content (AvgIpc) is 2.53. The minimum Gasteiger partial charge on any atom is -0.220 e. The van der Waals surface area contributed by atoms with Gasteiger partial charge < -0.3 is 0 Å². The van der Waals surface area contributed by atoms with Crippen LogP contribution in [0.1, 0.15) is 5.82 Å². The number of benzene rings is 1. The van der Waals surface area contributed by atoms with Crippen LogP contribution in [0.25, 0.3) is 5.69 Å². The van der Waals surface area contributed by atoms with Crippen molar-refractivity contribution in [3.63, 3.8) is 0 Å². The third-order valence-electron chi connectivity index (χ3n) is 1.62. The quantitative estimate of drug-likeness (QED) is 0.628. The standard InChI is InChI=1S/C9H8N3/c1-8-10-7-11-12(8)9-5-3-2-4-6-9/h2-7H,1H2. The molecule has 0 N–H and O–H groups in total. The Labute approximate surface area is 70.7 Å². The second-order valence-electron chi connectivity index (χ2n) is 2.42. The first-order chi connectivity index (χ1) is 5.88. The molecular weight excluding hydrogens is 150 g/mol. The van der Waals surface area contributed by atoms with E-state index in [1.807, 2.05) is 30.3 Å². The maximum Gasteiger partial charge on any atom is 0.138 e. The SMILES string of the molecule is [CH2]c1ncnn1-c1ccccc1. The lowest BCUT2D eigenvalue weighted by atomic mass is 10.3. The van der Waals surface area contributed by atoms with E-state index in [0.29, 0.717) is 5.82 Å². The summed E-state index contributed by atoms with van der Waals surface area (Å²) >= 11 is 0. The van der Waals surface area contributed by atoms with Gasteiger partial charge in [0.05, 0.1) is 5.69 Å². The summed E-state index contributed by atoms with van der Waals surface area (Å²) in [7, 11) is 0. The summed E-state index contributed by atoms with van der Waals surface area (Å²) < 4.78 is 1.69. The van der Waals surface area contributed by atoms with Crippen LogP contribution in [0, 0.1) is 6.92 Å². The highest BCUT2D eigenvalue weighted by Gasteiger charge is 1.98. The molecule has 3 nitrogen and oxygen atoms in total. The van der Waals surface area contributed by atoms with Gasteiger partial charge in [0.25, 0.3) is 0 Å². The summed E-state index contributed by atoms with van der Waals surface area (Å²) in [5.41, 5.74) is 0.986. The zero-order chi connectivity index (χ0) is 8.39. The van der Waals surface area contributed by atoms with E-state index in [1.54, 1.807) is 4.68 Å². The molecule has 3 heteroatoms. The lowest BCUT2D eigenvalue weighted by Gasteiger charge is -2.00. The topological polar surface area (TPSA) is 30.7 Å². The van der Waals surface area contributed by atoms with Crippen LogP contribution in [-0.4, -0.2) is 14.8 Å². The summed E-state index contributed by atoms with van der Waals surface area (Å²) in [6.45, 7) is 3.75. The third-order valence-corrected chi connectivity index (χ3v) is 1.62. The highest BCUT2D eigenvalue weighted by Crippen LogP contribution is 2.05. The molecule has 2 rings (SSSR count). The number of nitrogens with zero attached hydrogens (tertiary/aromatic N) is 3. The maximum absolute atomic E-state index is 4.03. The van der Waals surface area contributed by atoms with Gasteiger partial charge in [-0.2, -0.15) is 5.10 Å². The van der Waals surface area contributed by atoms with E-state index in [-0.39, 0.29) is 0 Å². The summed E-state index contributed by atoms with van der Waals surface area (Å²) in [6.07, 6.45) is 1.50. The normalized spacial score (nSPS) is 10.1. The van der Waals surface area contributed by atoms with E-state index in [4.69, 9.17) is 0 Å². The molecule has 59 valence electrons. The van der Waals surface area contributed by atoms with Gasteiger partial charge >= 0.3 is 0 Å². The fourth-order valence-electron chi connectivity index (χ4n) is 1.05. The van der Waals surface area contributed by atoms with Crippen LogP contribution >= 0.6 is 0 Å². The highest BCUT2D eigenvalue weighted by molar-refractivity contribution is 5.31. The Bertz CT molecular complexity index is 364. The van der Waals surface area contributed by atoms with Crippen LogP contribution in [0.3, 0.4) is 0 Å². The number of hydrogen-bond donors (Lipinski definition) is 0. The van der Waals surface area contributed by atoms with Gasteiger partial charge in [-0.25, -0.2) is 9.67 Å². The summed E-state index contributed by atoms with van der Waals surface area (Å²) in [5, 5.41) is 4.03. The van der Waals surface area contributed by atoms with Crippen molar-refractivity contribution in [1.29, 1.82) is 0 Å². The molecule has 1 radical (unpaired) electrons. The van der Waals surface area contributed by atoms with Gasteiger partial charge in [0.2, 0.25) is 0 Å². The first-order valence-electron chi connectivity index (χ1n) is 3.65. The van der Waals surface area contributed by atoms with Crippen LogP contribution in [0.15, 0.2) is 36.7 Å². The van der Waals surface area contributed by atoms with Gasteiger partial charge in [-0.05, 0) is 12.1 Å². The third kappa shape index (κ3) is 1.09. The predicted octanol–water partition coefficient (Wildman–Crippen LogP) is 1.45. The minimum absolute atomic E-state index is 0.654. The molecule has 0 saturated carbocycles. The van der Waals surface area contributed by atoms with E-state index in [2.05, 4.69) is 17.0 Å². The first-order valence-corrected chi connectivity index (χ1v) is 3.65. The summed E-state index contributed by atoms with van der Waals surface area (Å²) in [6, 6.07) is 9.79. The number of para-hydroxylation sites is 1. The zero-order valence-corrected chi connectivity index (χ0v) is 6.51. The van der Waals surface area contributed by atoms with E-state index in [9.17, 15) is 0 Å². The molecule has 0 bridgehead atoms. The van der Waals surface area contributed by atoms with E-state index in [0.717, 1.165) is 5.69 Å². The molecule has 0 aliphatic heterocycles. The molecule has 0 amide bonds. The monoisotopic (exact) mass is 158 g/mol. The Kier molecular flexibility index (Phi) is 1.63. The molecule has 1 aromatic heterocycles. The van der Waals surface area contributed by atoms with Crippen LogP contribution in [0.2, 0.25) is 0 Å². The Hall–Kier alpha value is -1.64. The molecule has 0 saturated heterocycles. The Morgan fingerprint density at radius 1 is 1.17 bits per heavy atom. The smallest absolute Gasteiger partial charge is 0.138 e. The lowest BCUT2D eigenvalue weighted by Crippen LogP contribution is -1.97. The second-order valence-corrected chi connectivity index (χ2v) is 2.42. The molecule has 0 atom stereocenters. The van der Waals surface area contributed by atoms with E-state index >= 15 is 0 Å². The van der Waals surface area contributed by atoms with Gasteiger partial charge in [-0.15, -0.1) is 0 Å². The van der Waals surface area contributed by atoms with Crippen LogP contribution < -0.4 is 0 Å². The molecule has 0 unspecified atom stereocenters. The summed E-state index contributed by atoms with van der Waals surface area (Å²) in [4.78, 5) is 3.93. The maximum atomic E-state index is 4.03. The number of rotatable bonds is 1. The zero-order valence-electron chi connectivity index (χ0n) is 6.51. The Morgan fingerprint density at radius 2 is 1.92 bits per heavy atom. The molecule has 0 aliphatic carbocycles. The largest absolute Gasteiger partial charge is 0.220 e. The van der Waals surface area contributed by atoms with Gasteiger partial charge in [0, 0.05) is 6.92 Å². The molecule has 1 aromatic carbocycles. The van der Waals surface area contributed by atoms with E-state index < -0.39 is 0 Å². The summed E-state index contributed by atoms with van der Waals surface area (Å²) in [5.74, 6) is 0.654. The van der Waals surface area contributed by atoms with Crippen molar-refractivity contribution >= 4 is 0 Å². The molecule has 12 heavy (non-hydrogen) atoms. The fraction of sp³-hybridized carbons (Fsp3) is 0. The average molecular weight is 158 g/mol. The molecule has 0 spiro atoms. The second kappa shape index (κ2) is 2.77. The number of aromatic nitrogens is 3. The molecule has 1 heterocycles. The molecular formula is C9H8N3. The number of hydrogen-bond acceptors (Lipinski definition) is 2. The lowest BCUT2D eigenvalue weighted by molar-refractivity contribution is 0.859. The van der Waals surface area contributed by atoms with Gasteiger partial charge in [-0.1, -0.05) is 18.2 Å². The van der Waals surface area contributed by atoms with Crippen LogP contribution in [0.4, 0.5) is 0 Å². The Morgan fingerprint density at radius 3 is 2.50 bits per heavy atom. The molecule has 0 fully saturated rings. The van der Waals surface area contributed by atoms with Gasteiger partial charge in [-0.3, -0.25) is 0 Å². The van der Waals surface area contributed by atoms with Crippen LogP contribution in [-0.2, 0) is 0 Å². The van der Waals surface area contributed by atoms with Crippen molar-refractivity contribution in [3.05, 3.63) is 49.4 Å². The Balaban J connectivity index is 2.51. The molecule has 2 aromatic rings. The van der Waals surface area contributed by atoms with Gasteiger partial charge in [0.15, 0.2) is 0 Å². The van der Waals surface area contributed by atoms with Gasteiger partial charge in [0.1, 0.15) is 12.2 Å².